The van der Waals surface area contributed by atoms with Crippen LogP contribution in [0.2, 0.25) is 0 Å². The second-order valence-electron chi connectivity index (χ2n) is 12.7. The van der Waals surface area contributed by atoms with Gasteiger partial charge in [-0.15, -0.1) is 0 Å². The van der Waals surface area contributed by atoms with Gasteiger partial charge < -0.3 is 34.5 Å². The Balaban J connectivity index is 1.40. The molecule has 6 rings (SSSR count). The van der Waals surface area contributed by atoms with E-state index in [2.05, 4.69) is 31.4 Å². The molecule has 3 amide bonds. The number of benzene rings is 3. The average Bonchev–Trinajstić information content (AvgIpc) is 3.05. The fourth-order valence-corrected chi connectivity index (χ4v) is 5.73. The topological polar surface area (TPSA) is 115 Å². The van der Waals surface area contributed by atoms with Crippen molar-refractivity contribution in [3.05, 3.63) is 82.9 Å². The number of methoxy groups -OCH3 is 2. The number of nitrogens with one attached hydrogen (secondary N) is 2. The van der Waals surface area contributed by atoms with Gasteiger partial charge in [0.1, 0.15) is 17.6 Å². The van der Waals surface area contributed by atoms with E-state index >= 15 is 0 Å². The monoisotopic (exact) mass is 629 g/mol. The maximum atomic E-state index is 13.6. The molecule has 10 nitrogen and oxygen atoms in total. The summed E-state index contributed by atoms with van der Waals surface area (Å²) >= 11 is 0. The SMILES string of the molecule is COc1cc2ccc1CNC(=O)CCc1ccc(OC)c(c1)OCC(=O)N[C@@H]1CN(C(=O)c3ccc(C(C)(C)C)cc3)CC[C@@H]1O2. The number of piperidine rings is 1. The summed E-state index contributed by atoms with van der Waals surface area (Å²) in [5.41, 5.74) is 3.40. The lowest BCUT2D eigenvalue weighted by Crippen LogP contribution is -2.58. The summed E-state index contributed by atoms with van der Waals surface area (Å²) in [7, 11) is 3.10. The molecule has 4 bridgehead atoms. The predicted molar refractivity (Wildman–Crippen MR) is 174 cm³/mol. The Morgan fingerprint density at radius 2 is 1.67 bits per heavy atom. The molecule has 1 saturated heterocycles. The standard InChI is InChI=1S/C36H43N3O7/c1-36(2,3)26-11-8-24(9-12-26)35(42)39-17-16-29-28(21-39)38-34(41)22-45-32-18-23(6-14-30(32)43-4)7-15-33(40)37-20-25-10-13-27(46-29)19-31(25)44-5/h6,8-14,18-19,28-29H,7,15-17,20-22H2,1-5H3,(H,37,40)(H,38,41)/t28-,29+/m1/s1. The number of rotatable bonds is 3. The molecule has 0 unspecified atom stereocenters. The molecule has 244 valence electrons. The molecule has 0 spiro atoms. The van der Waals surface area contributed by atoms with Crippen LogP contribution in [0.5, 0.6) is 23.0 Å². The van der Waals surface area contributed by atoms with Gasteiger partial charge in [-0.05, 0) is 59.4 Å². The van der Waals surface area contributed by atoms with Gasteiger partial charge in [0.05, 0.1) is 20.3 Å². The molecule has 3 heterocycles. The zero-order valence-corrected chi connectivity index (χ0v) is 27.2. The van der Waals surface area contributed by atoms with Crippen molar-refractivity contribution in [2.45, 2.75) is 64.1 Å². The van der Waals surface area contributed by atoms with Crippen LogP contribution in [0.25, 0.3) is 0 Å². The van der Waals surface area contributed by atoms with Crippen LogP contribution >= 0.6 is 0 Å². The van der Waals surface area contributed by atoms with Crippen LogP contribution in [0.1, 0.15) is 60.7 Å². The Labute approximate surface area is 270 Å². The third-order valence-corrected chi connectivity index (χ3v) is 8.43. The highest BCUT2D eigenvalue weighted by Crippen LogP contribution is 2.30. The predicted octanol–water partition coefficient (Wildman–Crippen LogP) is 4.42. The van der Waals surface area contributed by atoms with Gasteiger partial charge in [-0.1, -0.05) is 39.0 Å². The Morgan fingerprint density at radius 3 is 2.39 bits per heavy atom. The van der Waals surface area contributed by atoms with E-state index in [1.807, 2.05) is 42.5 Å². The van der Waals surface area contributed by atoms with Gasteiger partial charge in [0.2, 0.25) is 5.91 Å². The minimum Gasteiger partial charge on any atom is -0.496 e. The molecule has 2 N–H and O–H groups in total. The molecule has 2 atom stereocenters. The summed E-state index contributed by atoms with van der Waals surface area (Å²) in [5, 5.41) is 6.02. The van der Waals surface area contributed by atoms with Crippen molar-refractivity contribution in [3.8, 4) is 23.0 Å². The van der Waals surface area contributed by atoms with E-state index in [4.69, 9.17) is 18.9 Å². The molecule has 0 radical (unpaired) electrons. The van der Waals surface area contributed by atoms with Gasteiger partial charge in [0.15, 0.2) is 18.1 Å². The second kappa shape index (κ2) is 14.1. The molecule has 0 saturated carbocycles. The fraction of sp³-hybridized carbons (Fsp3) is 0.417. The highest BCUT2D eigenvalue weighted by molar-refractivity contribution is 5.94. The summed E-state index contributed by atoms with van der Waals surface area (Å²) < 4.78 is 23.4. The number of hydrogen-bond acceptors (Lipinski definition) is 7. The summed E-state index contributed by atoms with van der Waals surface area (Å²) in [6.07, 6.45) is 0.823. The molecule has 46 heavy (non-hydrogen) atoms. The van der Waals surface area contributed by atoms with Gasteiger partial charge in [0.25, 0.3) is 11.8 Å². The minimum absolute atomic E-state index is 0.0228. The normalized spacial score (nSPS) is 19.2. The minimum atomic E-state index is -0.511. The summed E-state index contributed by atoms with van der Waals surface area (Å²) in [6, 6.07) is 18.1. The quantitative estimate of drug-likeness (QED) is 0.441. The van der Waals surface area contributed by atoms with Gasteiger partial charge in [0, 0.05) is 49.7 Å². The number of fused-ring (bicyclic) bond motifs is 9. The van der Waals surface area contributed by atoms with Crippen LogP contribution in [-0.2, 0) is 28.0 Å². The first-order valence-electron chi connectivity index (χ1n) is 15.6. The Bertz CT molecular complexity index is 1560. The first-order valence-corrected chi connectivity index (χ1v) is 15.6. The summed E-state index contributed by atoms with van der Waals surface area (Å²) in [6.45, 7) is 7.15. The molecule has 3 aliphatic rings. The largest absolute Gasteiger partial charge is 0.496 e. The van der Waals surface area contributed by atoms with E-state index in [1.165, 1.54) is 7.11 Å². The van der Waals surface area contributed by atoms with Gasteiger partial charge in [-0.3, -0.25) is 14.4 Å². The first kappa shape index (κ1) is 32.7. The zero-order chi connectivity index (χ0) is 32.8. The molecule has 3 aromatic rings. The molecule has 0 aromatic heterocycles. The number of carbonyl (C=O) groups excluding carboxylic acids is 3. The molecule has 3 aromatic carbocycles. The van der Waals surface area contributed by atoms with Crippen molar-refractivity contribution < 1.29 is 33.3 Å². The number of ether oxygens (including phenoxy) is 4. The number of aryl methyl sites for hydroxylation is 1. The number of nitrogens with zero attached hydrogens (tertiary/aromatic N) is 1. The number of likely N-dealkylation sites (tertiary alicyclic amines) is 1. The van der Waals surface area contributed by atoms with E-state index in [1.54, 1.807) is 30.2 Å². The number of carbonyl (C=O) groups is 3. The van der Waals surface area contributed by atoms with E-state index < -0.39 is 12.1 Å². The van der Waals surface area contributed by atoms with Crippen LogP contribution < -0.4 is 29.6 Å². The highest BCUT2D eigenvalue weighted by atomic mass is 16.5. The summed E-state index contributed by atoms with van der Waals surface area (Å²) in [5.74, 6) is 1.46. The average molecular weight is 630 g/mol. The lowest BCUT2D eigenvalue weighted by molar-refractivity contribution is -0.125. The van der Waals surface area contributed by atoms with Crippen LogP contribution in [0.4, 0.5) is 0 Å². The highest BCUT2D eigenvalue weighted by Gasteiger charge is 2.35. The molecule has 10 heteroatoms. The van der Waals surface area contributed by atoms with Crippen molar-refractivity contribution in [1.82, 2.24) is 15.5 Å². The first-order chi connectivity index (χ1) is 22.0. The third kappa shape index (κ3) is 7.91. The van der Waals surface area contributed by atoms with Crippen molar-refractivity contribution in [2.75, 3.05) is 33.9 Å². The maximum Gasteiger partial charge on any atom is 0.258 e. The van der Waals surface area contributed by atoms with E-state index in [9.17, 15) is 14.4 Å². The Kier molecular flexibility index (Phi) is 10.0. The molecular formula is C36H43N3O7. The van der Waals surface area contributed by atoms with Crippen molar-refractivity contribution in [1.29, 1.82) is 0 Å². The summed E-state index contributed by atoms with van der Waals surface area (Å²) in [4.78, 5) is 41.3. The molecular weight excluding hydrogens is 586 g/mol. The number of amides is 3. The van der Waals surface area contributed by atoms with Crippen LogP contribution in [0.3, 0.4) is 0 Å². The Hall–Kier alpha value is -4.73. The molecule has 3 aliphatic heterocycles. The lowest BCUT2D eigenvalue weighted by atomic mass is 9.86. The number of hydrogen-bond donors (Lipinski definition) is 2. The van der Waals surface area contributed by atoms with E-state index in [0.29, 0.717) is 54.5 Å². The fourth-order valence-electron chi connectivity index (χ4n) is 5.73. The Morgan fingerprint density at radius 1 is 0.913 bits per heavy atom. The molecule has 1 fully saturated rings. The molecule has 0 aliphatic carbocycles. The smallest absolute Gasteiger partial charge is 0.258 e. The van der Waals surface area contributed by atoms with Crippen molar-refractivity contribution in [2.24, 2.45) is 0 Å². The lowest BCUT2D eigenvalue weighted by Gasteiger charge is -2.39. The maximum absolute atomic E-state index is 13.6. The van der Waals surface area contributed by atoms with Gasteiger partial charge >= 0.3 is 0 Å². The van der Waals surface area contributed by atoms with Gasteiger partial charge in [-0.2, -0.15) is 0 Å². The van der Waals surface area contributed by atoms with Crippen molar-refractivity contribution >= 4 is 17.7 Å². The van der Waals surface area contributed by atoms with Crippen molar-refractivity contribution in [3.63, 3.8) is 0 Å². The van der Waals surface area contributed by atoms with E-state index in [-0.39, 0.29) is 42.7 Å². The van der Waals surface area contributed by atoms with Crippen LogP contribution in [0, 0.1) is 0 Å². The van der Waals surface area contributed by atoms with Gasteiger partial charge in [-0.25, -0.2) is 0 Å². The third-order valence-electron chi connectivity index (χ3n) is 8.43. The zero-order valence-electron chi connectivity index (χ0n) is 27.2. The van der Waals surface area contributed by atoms with Crippen LogP contribution in [0.15, 0.2) is 60.7 Å². The second-order valence-corrected chi connectivity index (χ2v) is 12.7. The van der Waals surface area contributed by atoms with E-state index in [0.717, 1.165) is 16.7 Å². The van der Waals surface area contributed by atoms with Crippen LogP contribution in [-0.4, -0.2) is 68.7 Å².